The van der Waals surface area contributed by atoms with Crippen molar-refractivity contribution in [2.75, 3.05) is 5.32 Å². The van der Waals surface area contributed by atoms with Crippen molar-refractivity contribution in [1.82, 2.24) is 4.98 Å². The van der Waals surface area contributed by atoms with Gasteiger partial charge in [0.25, 0.3) is 0 Å². The molecule has 120 valence electrons. The number of rotatable bonds is 3. The third kappa shape index (κ3) is 5.57. The van der Waals surface area contributed by atoms with Crippen molar-refractivity contribution in [2.24, 2.45) is 10.7 Å². The average Bonchev–Trinajstić information content (AvgIpc) is 2.88. The number of aromatic nitrogens is 1. The first kappa shape index (κ1) is 18.9. The summed E-state index contributed by atoms with van der Waals surface area (Å²) in [5.41, 5.74) is 9.09. The summed E-state index contributed by atoms with van der Waals surface area (Å²) >= 11 is 1.67. The molecule has 0 aliphatic heterocycles. The van der Waals surface area contributed by atoms with E-state index in [1.54, 1.807) is 11.3 Å². The van der Waals surface area contributed by atoms with Crippen molar-refractivity contribution in [1.29, 1.82) is 0 Å². The molecule has 6 heteroatoms. The van der Waals surface area contributed by atoms with Crippen LogP contribution < -0.4 is 11.1 Å². The largest absolute Gasteiger partial charge is 0.370 e. The van der Waals surface area contributed by atoms with Gasteiger partial charge in [0.1, 0.15) is 0 Å². The molecule has 0 saturated carbocycles. The Balaban J connectivity index is 0.00000242. The lowest BCUT2D eigenvalue weighted by Gasteiger charge is -2.13. The van der Waals surface area contributed by atoms with Gasteiger partial charge in [0, 0.05) is 16.5 Å². The number of nitrogens with two attached hydrogens (primary N) is 1. The summed E-state index contributed by atoms with van der Waals surface area (Å²) in [6.45, 7) is 9.03. The third-order valence-electron chi connectivity index (χ3n) is 2.93. The van der Waals surface area contributed by atoms with Crippen molar-refractivity contribution in [3.63, 3.8) is 0 Å². The van der Waals surface area contributed by atoms with Gasteiger partial charge in [-0.15, -0.1) is 35.3 Å². The Kier molecular flexibility index (Phi) is 6.80. The second-order valence-electron chi connectivity index (χ2n) is 6.09. The van der Waals surface area contributed by atoms with E-state index in [2.05, 4.69) is 43.0 Å². The molecule has 22 heavy (non-hydrogen) atoms. The van der Waals surface area contributed by atoms with Crippen LogP contribution >= 0.6 is 35.3 Å². The van der Waals surface area contributed by atoms with Crippen molar-refractivity contribution < 1.29 is 0 Å². The van der Waals surface area contributed by atoms with Gasteiger partial charge in [-0.3, -0.25) is 0 Å². The van der Waals surface area contributed by atoms with Crippen LogP contribution in [0.2, 0.25) is 0 Å². The molecule has 2 aromatic rings. The Bertz CT molecular complexity index is 626. The molecule has 3 N–H and O–H groups in total. The highest BCUT2D eigenvalue weighted by Crippen LogP contribution is 2.25. The van der Waals surface area contributed by atoms with Crippen LogP contribution in [0.3, 0.4) is 0 Å². The van der Waals surface area contributed by atoms with E-state index in [-0.39, 0.29) is 29.4 Å². The molecule has 2 rings (SSSR count). The number of hydrogen-bond donors (Lipinski definition) is 2. The van der Waals surface area contributed by atoms with Gasteiger partial charge < -0.3 is 11.1 Å². The Morgan fingerprint density at radius 3 is 2.45 bits per heavy atom. The van der Waals surface area contributed by atoms with Gasteiger partial charge in [-0.2, -0.15) is 0 Å². The molecule has 0 aliphatic rings. The number of benzene rings is 1. The van der Waals surface area contributed by atoms with E-state index >= 15 is 0 Å². The zero-order valence-electron chi connectivity index (χ0n) is 13.4. The second-order valence-corrected chi connectivity index (χ2v) is 6.94. The molecule has 0 amide bonds. The summed E-state index contributed by atoms with van der Waals surface area (Å²) in [5, 5.41) is 6.25. The van der Waals surface area contributed by atoms with Gasteiger partial charge >= 0.3 is 0 Å². The van der Waals surface area contributed by atoms with Gasteiger partial charge in [-0.25, -0.2) is 9.98 Å². The highest BCUT2D eigenvalue weighted by atomic mass is 127. The molecule has 0 fully saturated rings. The number of hydrogen-bond acceptors (Lipinski definition) is 3. The van der Waals surface area contributed by atoms with E-state index in [0.29, 0.717) is 12.5 Å². The van der Waals surface area contributed by atoms with Crippen LogP contribution in [0.15, 0.2) is 34.6 Å². The van der Waals surface area contributed by atoms with E-state index in [0.717, 1.165) is 16.4 Å². The lowest BCUT2D eigenvalue weighted by Crippen LogP contribution is -2.22. The van der Waals surface area contributed by atoms with Crippen LogP contribution in [0.1, 0.15) is 37.0 Å². The molecular formula is C16H23IN4S. The molecule has 0 unspecified atom stereocenters. The van der Waals surface area contributed by atoms with Crippen molar-refractivity contribution in [3.8, 4) is 0 Å². The third-order valence-corrected chi connectivity index (χ3v) is 4.25. The fraction of sp³-hybridized carbons (Fsp3) is 0.375. The van der Waals surface area contributed by atoms with E-state index in [1.165, 1.54) is 5.56 Å². The first-order valence-corrected chi connectivity index (χ1v) is 7.81. The van der Waals surface area contributed by atoms with Gasteiger partial charge in [0.05, 0.1) is 17.2 Å². The summed E-state index contributed by atoms with van der Waals surface area (Å²) < 4.78 is 0. The summed E-state index contributed by atoms with van der Waals surface area (Å²) in [6.07, 6.45) is 0. The van der Waals surface area contributed by atoms with Gasteiger partial charge in [-0.1, -0.05) is 38.5 Å². The van der Waals surface area contributed by atoms with Crippen LogP contribution in [0, 0.1) is 6.92 Å². The molecule has 0 atom stereocenters. The molecule has 1 aromatic carbocycles. The standard InChI is InChI=1S/C16H22N4S.HI/c1-11-5-7-12(8-6-11)20-15(17)18-9-13-10-21-14(19-13)16(2,3)4;/h5-8,10H,9H2,1-4H3,(H3,17,18,20);1H. The molecule has 0 radical (unpaired) electrons. The minimum atomic E-state index is 0. The molecule has 4 nitrogen and oxygen atoms in total. The SMILES string of the molecule is Cc1ccc(NC(N)=NCc2csc(C(C)(C)C)n2)cc1.I. The number of aliphatic imine (C=N–C) groups is 1. The molecular weight excluding hydrogens is 407 g/mol. The molecule has 0 bridgehead atoms. The predicted octanol–water partition coefficient (Wildman–Crippen LogP) is 4.29. The highest BCUT2D eigenvalue weighted by Gasteiger charge is 2.17. The average molecular weight is 430 g/mol. The van der Waals surface area contributed by atoms with Crippen molar-refractivity contribution in [2.45, 2.75) is 39.7 Å². The molecule has 0 aliphatic carbocycles. The smallest absolute Gasteiger partial charge is 0.193 e. The van der Waals surface area contributed by atoms with Crippen molar-refractivity contribution >= 4 is 47.0 Å². The van der Waals surface area contributed by atoms with Gasteiger partial charge in [0.15, 0.2) is 5.96 Å². The van der Waals surface area contributed by atoms with Gasteiger partial charge in [-0.05, 0) is 19.1 Å². The number of guanidine groups is 1. The second kappa shape index (κ2) is 7.92. The number of nitrogens with zero attached hydrogens (tertiary/aromatic N) is 2. The van der Waals surface area contributed by atoms with E-state index < -0.39 is 0 Å². The fourth-order valence-electron chi connectivity index (χ4n) is 1.71. The van der Waals surface area contributed by atoms with Crippen LogP contribution in [0.25, 0.3) is 0 Å². The minimum Gasteiger partial charge on any atom is -0.370 e. The summed E-state index contributed by atoms with van der Waals surface area (Å²) in [5.74, 6) is 0.407. The first-order chi connectivity index (χ1) is 9.84. The normalized spacial score (nSPS) is 11.9. The summed E-state index contributed by atoms with van der Waals surface area (Å²) in [7, 11) is 0. The quantitative estimate of drug-likeness (QED) is 0.434. The maximum absolute atomic E-state index is 5.90. The van der Waals surface area contributed by atoms with Crippen molar-refractivity contribution in [3.05, 3.63) is 45.9 Å². The van der Waals surface area contributed by atoms with Crippen LogP contribution in [0.4, 0.5) is 5.69 Å². The Hall–Kier alpha value is -1.15. The minimum absolute atomic E-state index is 0. The molecule has 1 heterocycles. The number of anilines is 1. The summed E-state index contributed by atoms with van der Waals surface area (Å²) in [6, 6.07) is 8.04. The highest BCUT2D eigenvalue weighted by molar-refractivity contribution is 14.0. The zero-order valence-corrected chi connectivity index (χ0v) is 16.5. The molecule has 0 saturated heterocycles. The predicted molar refractivity (Wildman–Crippen MR) is 106 cm³/mol. The number of halogens is 1. The maximum atomic E-state index is 5.90. The summed E-state index contributed by atoms with van der Waals surface area (Å²) in [4.78, 5) is 8.94. The Morgan fingerprint density at radius 2 is 1.91 bits per heavy atom. The van der Waals surface area contributed by atoms with E-state index in [4.69, 9.17) is 5.73 Å². The lowest BCUT2D eigenvalue weighted by atomic mass is 9.98. The monoisotopic (exact) mass is 430 g/mol. The van der Waals surface area contributed by atoms with Crippen LogP contribution in [-0.4, -0.2) is 10.9 Å². The number of aryl methyl sites for hydroxylation is 1. The topological polar surface area (TPSA) is 63.3 Å². The lowest BCUT2D eigenvalue weighted by molar-refractivity contribution is 0.583. The number of thiazole rings is 1. The first-order valence-electron chi connectivity index (χ1n) is 6.93. The van der Waals surface area contributed by atoms with E-state index in [9.17, 15) is 0 Å². The Labute approximate surface area is 153 Å². The number of nitrogens with one attached hydrogen (secondary N) is 1. The fourth-order valence-corrected chi connectivity index (χ4v) is 2.61. The van der Waals surface area contributed by atoms with Crippen LogP contribution in [0.5, 0.6) is 0 Å². The molecule has 0 spiro atoms. The molecule has 1 aromatic heterocycles. The van der Waals surface area contributed by atoms with E-state index in [1.807, 2.05) is 29.6 Å². The maximum Gasteiger partial charge on any atom is 0.193 e. The Morgan fingerprint density at radius 1 is 1.27 bits per heavy atom. The zero-order chi connectivity index (χ0) is 15.5. The van der Waals surface area contributed by atoms with Crippen LogP contribution in [-0.2, 0) is 12.0 Å². The van der Waals surface area contributed by atoms with Gasteiger partial charge in [0.2, 0.25) is 0 Å².